The fourth-order valence-electron chi connectivity index (χ4n) is 1.28. The van der Waals surface area contributed by atoms with Crippen molar-refractivity contribution in [1.29, 1.82) is 0 Å². The summed E-state index contributed by atoms with van der Waals surface area (Å²) in [6.07, 6.45) is -6.57. The van der Waals surface area contributed by atoms with E-state index in [1.807, 2.05) is 0 Å². The molecular weight excluding hydrogens is 293 g/mol. The number of alkyl halides is 6. The van der Waals surface area contributed by atoms with Crippen molar-refractivity contribution >= 4 is 17.3 Å². The number of hydrogen-bond acceptors (Lipinski definition) is 2. The second kappa shape index (κ2) is 5.92. The van der Waals surface area contributed by atoms with Gasteiger partial charge < -0.3 is 10.4 Å². The highest BCUT2D eigenvalue weighted by molar-refractivity contribution is 6.18. The van der Waals surface area contributed by atoms with Gasteiger partial charge in [-0.25, -0.2) is 0 Å². The Labute approximate surface area is 111 Å². The van der Waals surface area contributed by atoms with Gasteiger partial charge in [0.15, 0.2) is 0 Å². The number of benzene rings is 1. The van der Waals surface area contributed by atoms with Gasteiger partial charge >= 0.3 is 12.1 Å². The van der Waals surface area contributed by atoms with Crippen LogP contribution in [0.5, 0.6) is 0 Å². The van der Waals surface area contributed by atoms with Crippen LogP contribution in [0, 0.1) is 0 Å². The SMILES string of the molecule is OC(CCl)CNc1cccc(C(F)(F)C(F)(F)F)c1. The molecule has 0 amide bonds. The standard InChI is InChI=1S/C11H11ClF5NO/c12-5-9(19)6-18-8-3-1-2-7(4-8)10(13,14)11(15,16)17/h1-4,9,18-19H,5-6H2. The van der Waals surface area contributed by atoms with E-state index in [2.05, 4.69) is 5.32 Å². The van der Waals surface area contributed by atoms with Crippen molar-refractivity contribution in [2.45, 2.75) is 18.2 Å². The number of anilines is 1. The molecule has 1 aromatic carbocycles. The van der Waals surface area contributed by atoms with Crippen LogP contribution in [0.2, 0.25) is 0 Å². The molecule has 0 aliphatic heterocycles. The first-order valence-corrected chi connectivity index (χ1v) is 5.75. The highest BCUT2D eigenvalue weighted by atomic mass is 35.5. The summed E-state index contributed by atoms with van der Waals surface area (Å²) in [6, 6.07) is 3.77. The van der Waals surface area contributed by atoms with Gasteiger partial charge in [0.1, 0.15) is 0 Å². The molecule has 0 aliphatic rings. The van der Waals surface area contributed by atoms with E-state index in [-0.39, 0.29) is 18.1 Å². The Bertz CT molecular complexity index is 424. The van der Waals surface area contributed by atoms with E-state index in [0.717, 1.165) is 6.07 Å². The van der Waals surface area contributed by atoms with Gasteiger partial charge in [-0.2, -0.15) is 22.0 Å². The first-order valence-electron chi connectivity index (χ1n) is 5.21. The van der Waals surface area contributed by atoms with Crippen LogP contribution in [-0.2, 0) is 5.92 Å². The number of aliphatic hydroxyl groups excluding tert-OH is 1. The minimum absolute atomic E-state index is 0.0468. The average Bonchev–Trinajstić information content (AvgIpc) is 2.35. The topological polar surface area (TPSA) is 32.3 Å². The molecule has 0 saturated carbocycles. The highest BCUT2D eigenvalue weighted by Crippen LogP contribution is 2.44. The Balaban J connectivity index is 2.89. The molecule has 1 rings (SSSR count). The van der Waals surface area contributed by atoms with E-state index in [1.54, 1.807) is 0 Å². The number of rotatable bonds is 5. The molecule has 1 aromatic rings. The second-order valence-electron chi connectivity index (χ2n) is 3.84. The quantitative estimate of drug-likeness (QED) is 0.646. The van der Waals surface area contributed by atoms with E-state index < -0.39 is 23.8 Å². The van der Waals surface area contributed by atoms with Crippen LogP contribution >= 0.6 is 11.6 Å². The van der Waals surface area contributed by atoms with Gasteiger partial charge in [0.25, 0.3) is 0 Å². The smallest absolute Gasteiger partial charge is 0.390 e. The molecular formula is C11H11ClF5NO. The summed E-state index contributed by atoms with van der Waals surface area (Å²) in [5.41, 5.74) is -1.11. The Hall–Kier alpha value is -1.08. The van der Waals surface area contributed by atoms with Crippen LogP contribution < -0.4 is 5.32 Å². The van der Waals surface area contributed by atoms with Crippen molar-refractivity contribution in [3.05, 3.63) is 29.8 Å². The molecule has 0 spiro atoms. The first-order chi connectivity index (χ1) is 8.68. The van der Waals surface area contributed by atoms with E-state index in [9.17, 15) is 22.0 Å². The molecule has 0 aliphatic carbocycles. The zero-order valence-electron chi connectivity index (χ0n) is 9.52. The van der Waals surface area contributed by atoms with Crippen molar-refractivity contribution < 1.29 is 27.1 Å². The second-order valence-corrected chi connectivity index (χ2v) is 4.15. The fourth-order valence-corrected chi connectivity index (χ4v) is 1.39. The molecule has 0 saturated heterocycles. The Morgan fingerprint density at radius 2 is 1.84 bits per heavy atom. The van der Waals surface area contributed by atoms with Gasteiger partial charge in [0.2, 0.25) is 0 Å². The summed E-state index contributed by atoms with van der Waals surface area (Å²) < 4.78 is 62.7. The molecule has 0 heterocycles. The van der Waals surface area contributed by atoms with Crippen molar-refractivity contribution in [3.63, 3.8) is 0 Å². The maximum Gasteiger partial charge on any atom is 0.458 e. The van der Waals surface area contributed by atoms with Gasteiger partial charge in [-0.05, 0) is 12.1 Å². The average molecular weight is 304 g/mol. The molecule has 19 heavy (non-hydrogen) atoms. The third-order valence-electron chi connectivity index (χ3n) is 2.30. The molecule has 0 aromatic heterocycles. The summed E-state index contributed by atoms with van der Waals surface area (Å²) in [4.78, 5) is 0. The lowest BCUT2D eigenvalue weighted by Gasteiger charge is -2.20. The Kier molecular flexibility index (Phi) is 4.98. The molecule has 1 atom stereocenters. The molecule has 2 nitrogen and oxygen atoms in total. The molecule has 108 valence electrons. The van der Waals surface area contributed by atoms with Gasteiger partial charge in [-0.15, -0.1) is 11.6 Å². The largest absolute Gasteiger partial charge is 0.458 e. The first kappa shape index (κ1) is 16.0. The van der Waals surface area contributed by atoms with Crippen LogP contribution in [0.1, 0.15) is 5.56 Å². The predicted octanol–water partition coefficient (Wildman–Crippen LogP) is 3.35. The van der Waals surface area contributed by atoms with Crippen LogP contribution in [0.4, 0.5) is 27.6 Å². The zero-order chi connectivity index (χ0) is 14.7. The normalized spacial score (nSPS) is 14.3. The van der Waals surface area contributed by atoms with Crippen molar-refractivity contribution in [3.8, 4) is 0 Å². The molecule has 0 bridgehead atoms. The number of aliphatic hydroxyl groups is 1. The fraction of sp³-hybridized carbons (Fsp3) is 0.455. The van der Waals surface area contributed by atoms with Crippen LogP contribution in [-0.4, -0.2) is 29.8 Å². The third kappa shape index (κ3) is 3.94. The number of hydrogen-bond donors (Lipinski definition) is 2. The zero-order valence-corrected chi connectivity index (χ0v) is 10.3. The monoisotopic (exact) mass is 303 g/mol. The van der Waals surface area contributed by atoms with Gasteiger partial charge in [-0.3, -0.25) is 0 Å². The molecule has 2 N–H and O–H groups in total. The van der Waals surface area contributed by atoms with Crippen LogP contribution in [0.3, 0.4) is 0 Å². The van der Waals surface area contributed by atoms with Crippen molar-refractivity contribution in [2.75, 3.05) is 17.7 Å². The Morgan fingerprint density at radius 3 is 2.37 bits per heavy atom. The summed E-state index contributed by atoms with van der Waals surface area (Å²) in [6.45, 7) is -0.0510. The summed E-state index contributed by atoms with van der Waals surface area (Å²) in [5.74, 6) is -5.00. The van der Waals surface area contributed by atoms with Gasteiger partial charge in [-0.1, -0.05) is 12.1 Å². The highest BCUT2D eigenvalue weighted by Gasteiger charge is 2.58. The molecule has 1 unspecified atom stereocenters. The minimum atomic E-state index is -5.65. The maximum absolute atomic E-state index is 13.1. The summed E-state index contributed by atoms with van der Waals surface area (Å²) in [7, 11) is 0. The molecule has 0 radical (unpaired) electrons. The van der Waals surface area contributed by atoms with E-state index in [0.29, 0.717) is 12.1 Å². The lowest BCUT2D eigenvalue weighted by molar-refractivity contribution is -0.289. The van der Waals surface area contributed by atoms with Gasteiger partial charge in [0, 0.05) is 17.8 Å². The third-order valence-corrected chi connectivity index (χ3v) is 2.66. The molecule has 0 fully saturated rings. The maximum atomic E-state index is 13.1. The lowest BCUT2D eigenvalue weighted by Crippen LogP contribution is -2.33. The van der Waals surface area contributed by atoms with Gasteiger partial charge in [0.05, 0.1) is 12.0 Å². The summed E-state index contributed by atoms with van der Waals surface area (Å²) >= 11 is 5.32. The van der Waals surface area contributed by atoms with E-state index in [4.69, 9.17) is 16.7 Å². The van der Waals surface area contributed by atoms with E-state index in [1.165, 1.54) is 6.07 Å². The number of nitrogens with one attached hydrogen (secondary N) is 1. The minimum Gasteiger partial charge on any atom is -0.390 e. The van der Waals surface area contributed by atoms with Crippen LogP contribution in [0.25, 0.3) is 0 Å². The van der Waals surface area contributed by atoms with Crippen molar-refractivity contribution in [1.82, 2.24) is 0 Å². The number of halogens is 6. The molecule has 8 heteroatoms. The predicted molar refractivity (Wildman–Crippen MR) is 61.6 cm³/mol. The van der Waals surface area contributed by atoms with E-state index >= 15 is 0 Å². The van der Waals surface area contributed by atoms with Crippen LogP contribution in [0.15, 0.2) is 24.3 Å². The summed E-state index contributed by atoms with van der Waals surface area (Å²) in [5, 5.41) is 11.7. The van der Waals surface area contributed by atoms with Crippen molar-refractivity contribution in [2.24, 2.45) is 0 Å². The lowest BCUT2D eigenvalue weighted by atomic mass is 10.1. The Morgan fingerprint density at radius 1 is 1.21 bits per heavy atom.